The zero-order valence-corrected chi connectivity index (χ0v) is 9.91. The van der Waals surface area contributed by atoms with E-state index in [2.05, 4.69) is 0 Å². The molecule has 0 saturated carbocycles. The maximum Gasteiger partial charge on any atom is 0.401 e. The highest BCUT2D eigenvalue weighted by Crippen LogP contribution is 2.17. The molecule has 0 atom stereocenters. The minimum absolute atomic E-state index is 0.207. The zero-order valence-electron chi connectivity index (χ0n) is 9.15. The van der Waals surface area contributed by atoms with Crippen molar-refractivity contribution in [2.24, 2.45) is 0 Å². The topological polar surface area (TPSA) is 29.1 Å². The molecule has 0 unspecified atom stereocenters. The molecule has 1 N–H and O–H groups in total. The zero-order chi connectivity index (χ0) is 13.8. The number of rotatable bonds is 5. The Hall–Kier alpha value is -1.14. The van der Waals surface area contributed by atoms with Crippen LogP contribution in [0.5, 0.6) is 0 Å². The third-order valence-corrected chi connectivity index (χ3v) is 2.41. The Bertz CT molecular complexity index is 434. The van der Waals surface area contributed by atoms with Crippen LogP contribution in [0.2, 0.25) is 5.02 Å². The molecule has 18 heavy (non-hydrogen) atoms. The Kier molecular flexibility index (Phi) is 5.10. The van der Waals surface area contributed by atoms with Crippen molar-refractivity contribution in [3.63, 3.8) is 0 Å². The molecular formula is C11H10ClF4NO. The first-order valence-electron chi connectivity index (χ1n) is 5.01. The molecule has 0 aromatic heterocycles. The molecule has 7 heteroatoms. The van der Waals surface area contributed by atoms with E-state index < -0.39 is 30.9 Å². The molecule has 1 rings (SSSR count). The standard InChI is InChI=1S/C11H10ClF4NO/c12-10-2-1-8(13)3-7(10)4-9(18)5-17-6-11(14,15)16/h1-3,17H,4-6H2. The van der Waals surface area contributed by atoms with Gasteiger partial charge in [0, 0.05) is 11.4 Å². The molecule has 100 valence electrons. The summed E-state index contributed by atoms with van der Waals surface area (Å²) in [5, 5.41) is 2.18. The molecule has 0 bridgehead atoms. The van der Waals surface area contributed by atoms with Gasteiger partial charge in [0.05, 0.1) is 13.1 Å². The van der Waals surface area contributed by atoms with Crippen molar-refractivity contribution in [1.29, 1.82) is 0 Å². The van der Waals surface area contributed by atoms with Gasteiger partial charge in [-0.05, 0) is 23.8 Å². The van der Waals surface area contributed by atoms with E-state index in [0.717, 1.165) is 12.1 Å². The van der Waals surface area contributed by atoms with Crippen LogP contribution < -0.4 is 5.32 Å². The Morgan fingerprint density at radius 1 is 1.33 bits per heavy atom. The summed E-state index contributed by atoms with van der Waals surface area (Å²) in [4.78, 5) is 11.4. The Balaban J connectivity index is 2.47. The molecule has 0 aliphatic carbocycles. The van der Waals surface area contributed by atoms with Gasteiger partial charge in [-0.25, -0.2) is 4.39 Å². The van der Waals surface area contributed by atoms with E-state index in [9.17, 15) is 22.4 Å². The van der Waals surface area contributed by atoms with Gasteiger partial charge in [0.2, 0.25) is 0 Å². The number of carbonyl (C=O) groups excluding carboxylic acids is 1. The SMILES string of the molecule is O=C(CNCC(F)(F)F)Cc1cc(F)ccc1Cl. The smallest absolute Gasteiger partial charge is 0.302 e. The van der Waals surface area contributed by atoms with Crippen LogP contribution in [-0.2, 0) is 11.2 Å². The highest BCUT2D eigenvalue weighted by Gasteiger charge is 2.26. The molecule has 0 heterocycles. The first-order chi connectivity index (χ1) is 8.28. The molecule has 0 aliphatic heterocycles. The van der Waals surface area contributed by atoms with Crippen molar-refractivity contribution in [1.82, 2.24) is 5.32 Å². The number of hydrogen-bond acceptors (Lipinski definition) is 2. The normalized spacial score (nSPS) is 11.6. The van der Waals surface area contributed by atoms with Gasteiger partial charge >= 0.3 is 6.18 Å². The lowest BCUT2D eigenvalue weighted by Crippen LogP contribution is -2.33. The summed E-state index contributed by atoms with van der Waals surface area (Å²) in [6, 6.07) is 3.52. The Morgan fingerprint density at radius 3 is 2.61 bits per heavy atom. The summed E-state index contributed by atoms with van der Waals surface area (Å²) in [5.74, 6) is -1.04. The summed E-state index contributed by atoms with van der Waals surface area (Å²) in [7, 11) is 0. The largest absolute Gasteiger partial charge is 0.401 e. The fraction of sp³-hybridized carbons (Fsp3) is 0.364. The molecule has 1 aromatic carbocycles. The van der Waals surface area contributed by atoms with Gasteiger partial charge in [-0.1, -0.05) is 11.6 Å². The summed E-state index contributed by atoms with van der Waals surface area (Å²) < 4.78 is 48.3. The second kappa shape index (κ2) is 6.15. The number of carbonyl (C=O) groups is 1. The average molecular weight is 284 g/mol. The summed E-state index contributed by atoms with van der Waals surface area (Å²) in [6.45, 7) is -1.68. The number of benzene rings is 1. The molecule has 0 aliphatic rings. The first-order valence-corrected chi connectivity index (χ1v) is 5.39. The highest BCUT2D eigenvalue weighted by atomic mass is 35.5. The molecular weight excluding hydrogens is 274 g/mol. The number of nitrogens with one attached hydrogen (secondary N) is 1. The van der Waals surface area contributed by atoms with Crippen molar-refractivity contribution < 1.29 is 22.4 Å². The number of alkyl halides is 3. The molecule has 0 spiro atoms. The van der Waals surface area contributed by atoms with Gasteiger partial charge in [-0.2, -0.15) is 13.2 Å². The lowest BCUT2D eigenvalue weighted by atomic mass is 10.1. The summed E-state index contributed by atoms with van der Waals surface area (Å²) >= 11 is 5.73. The molecule has 0 radical (unpaired) electrons. The van der Waals surface area contributed by atoms with Crippen LogP contribution in [0.15, 0.2) is 18.2 Å². The predicted octanol–water partition coefficient (Wildman–Crippen LogP) is 2.74. The van der Waals surface area contributed by atoms with Crippen LogP contribution in [0, 0.1) is 5.82 Å². The van der Waals surface area contributed by atoms with Crippen LogP contribution in [0.1, 0.15) is 5.56 Å². The minimum atomic E-state index is -4.36. The van der Waals surface area contributed by atoms with Crippen molar-refractivity contribution >= 4 is 17.4 Å². The van der Waals surface area contributed by atoms with Gasteiger partial charge < -0.3 is 5.32 Å². The summed E-state index contributed by atoms with van der Waals surface area (Å²) in [6.07, 6.45) is -4.57. The lowest BCUT2D eigenvalue weighted by Gasteiger charge is -2.08. The Labute approximate surface area is 106 Å². The van der Waals surface area contributed by atoms with Crippen LogP contribution in [0.4, 0.5) is 17.6 Å². The molecule has 0 fully saturated rings. The molecule has 1 aromatic rings. The van der Waals surface area contributed by atoms with Gasteiger partial charge in [0.1, 0.15) is 5.82 Å². The molecule has 0 saturated heterocycles. The van der Waals surface area contributed by atoms with Crippen LogP contribution >= 0.6 is 11.6 Å². The second-order valence-electron chi connectivity index (χ2n) is 3.67. The van der Waals surface area contributed by atoms with E-state index >= 15 is 0 Å². The summed E-state index contributed by atoms with van der Waals surface area (Å²) in [5.41, 5.74) is 0.260. The van der Waals surface area contributed by atoms with E-state index in [1.54, 1.807) is 0 Å². The molecule has 2 nitrogen and oxygen atoms in total. The number of ketones is 1. The van der Waals surface area contributed by atoms with E-state index in [1.807, 2.05) is 5.32 Å². The minimum Gasteiger partial charge on any atom is -0.302 e. The van der Waals surface area contributed by atoms with Crippen LogP contribution in [0.25, 0.3) is 0 Å². The van der Waals surface area contributed by atoms with Crippen molar-refractivity contribution in [2.75, 3.05) is 13.1 Å². The average Bonchev–Trinajstić information content (AvgIpc) is 2.21. The van der Waals surface area contributed by atoms with E-state index in [0.29, 0.717) is 0 Å². The fourth-order valence-corrected chi connectivity index (χ4v) is 1.48. The van der Waals surface area contributed by atoms with E-state index in [1.165, 1.54) is 6.07 Å². The number of halogens is 5. The van der Waals surface area contributed by atoms with Crippen LogP contribution in [-0.4, -0.2) is 25.0 Å². The third-order valence-electron chi connectivity index (χ3n) is 2.04. The van der Waals surface area contributed by atoms with Gasteiger partial charge in [0.25, 0.3) is 0 Å². The third kappa shape index (κ3) is 5.46. The van der Waals surface area contributed by atoms with Crippen molar-refractivity contribution in [2.45, 2.75) is 12.6 Å². The van der Waals surface area contributed by atoms with Gasteiger partial charge in [0.15, 0.2) is 5.78 Å². The predicted molar refractivity (Wildman–Crippen MR) is 59.0 cm³/mol. The van der Waals surface area contributed by atoms with E-state index in [4.69, 9.17) is 11.6 Å². The second-order valence-corrected chi connectivity index (χ2v) is 4.08. The highest BCUT2D eigenvalue weighted by molar-refractivity contribution is 6.31. The first kappa shape index (κ1) is 14.9. The fourth-order valence-electron chi connectivity index (χ4n) is 1.30. The van der Waals surface area contributed by atoms with Crippen molar-refractivity contribution in [3.8, 4) is 0 Å². The van der Waals surface area contributed by atoms with Gasteiger partial charge in [-0.3, -0.25) is 4.79 Å². The molecule has 0 amide bonds. The van der Waals surface area contributed by atoms with Crippen molar-refractivity contribution in [3.05, 3.63) is 34.6 Å². The Morgan fingerprint density at radius 2 is 2.00 bits per heavy atom. The van der Waals surface area contributed by atoms with Gasteiger partial charge in [-0.15, -0.1) is 0 Å². The monoisotopic (exact) mass is 283 g/mol. The number of Topliss-reactive ketones (excluding diaryl/α,β-unsaturated/α-hetero) is 1. The van der Waals surface area contributed by atoms with Crippen LogP contribution in [0.3, 0.4) is 0 Å². The maximum atomic E-state index is 12.9. The number of hydrogen-bond donors (Lipinski definition) is 1. The lowest BCUT2D eigenvalue weighted by molar-refractivity contribution is -0.127. The quantitative estimate of drug-likeness (QED) is 0.842. The van der Waals surface area contributed by atoms with E-state index in [-0.39, 0.29) is 17.0 Å². The maximum absolute atomic E-state index is 12.9.